The Labute approximate surface area is 149 Å². The molecule has 8 nitrogen and oxygen atoms in total. The van der Waals surface area contributed by atoms with Crippen molar-refractivity contribution in [3.8, 4) is 11.4 Å². The number of hydrogen-bond donors (Lipinski definition) is 4. The first kappa shape index (κ1) is 16.4. The van der Waals surface area contributed by atoms with Crippen molar-refractivity contribution in [2.45, 2.75) is 18.9 Å². The molecule has 136 valence electrons. The number of benzene rings is 1. The second-order valence-electron chi connectivity index (χ2n) is 6.08. The summed E-state index contributed by atoms with van der Waals surface area (Å²) in [6.07, 6.45) is 8.05. The summed E-state index contributed by atoms with van der Waals surface area (Å²) < 4.78 is 21.7. The standard InChI is InChI=1S/C17H19FN6O2/c18-13-7-12(16(25)8-15(13)24-6-5-20-10-24)14-9-21-17(23-22-14)26-11-1-3-19-4-2-11/h5-11,19,22,25H,1-4H2,(H,21,23). The number of hydrogen-bond acceptors (Lipinski definition) is 7. The van der Waals surface area contributed by atoms with Gasteiger partial charge in [-0.25, -0.2) is 14.4 Å². The van der Waals surface area contributed by atoms with Crippen molar-refractivity contribution in [2.75, 3.05) is 13.1 Å². The lowest BCUT2D eigenvalue weighted by atomic mass is 10.1. The molecular formula is C17H19FN6O2. The summed E-state index contributed by atoms with van der Waals surface area (Å²) in [4.78, 5) is 8.10. The number of piperidine rings is 1. The molecule has 0 amide bonds. The molecule has 0 aliphatic carbocycles. The third-order valence-corrected chi connectivity index (χ3v) is 4.32. The third-order valence-electron chi connectivity index (χ3n) is 4.32. The van der Waals surface area contributed by atoms with Crippen LogP contribution in [0.1, 0.15) is 18.4 Å². The number of rotatable bonds is 3. The van der Waals surface area contributed by atoms with Crippen LogP contribution in [-0.2, 0) is 4.74 Å². The summed E-state index contributed by atoms with van der Waals surface area (Å²) in [5, 5.41) is 13.6. The minimum Gasteiger partial charge on any atom is -0.507 e. The molecule has 9 heteroatoms. The first-order chi connectivity index (χ1) is 12.7. The van der Waals surface area contributed by atoms with Gasteiger partial charge in [0.05, 0.1) is 23.9 Å². The van der Waals surface area contributed by atoms with Crippen LogP contribution in [0.4, 0.5) is 4.39 Å². The number of phenols is 1. The molecule has 1 aromatic heterocycles. The van der Waals surface area contributed by atoms with Gasteiger partial charge in [0.25, 0.3) is 0 Å². The number of phenolic OH excluding ortho intramolecular Hbond substituents is 1. The number of ether oxygens (including phenoxy) is 1. The average molecular weight is 358 g/mol. The first-order valence-electron chi connectivity index (χ1n) is 8.39. The number of aromatic hydroxyl groups is 1. The highest BCUT2D eigenvalue weighted by Gasteiger charge is 2.20. The van der Waals surface area contributed by atoms with Gasteiger partial charge >= 0.3 is 6.02 Å². The Morgan fingerprint density at radius 2 is 2.08 bits per heavy atom. The van der Waals surface area contributed by atoms with Gasteiger partial charge in [0.15, 0.2) is 0 Å². The normalized spacial score (nSPS) is 17.7. The molecule has 1 fully saturated rings. The van der Waals surface area contributed by atoms with Crippen molar-refractivity contribution < 1.29 is 14.2 Å². The second-order valence-corrected chi connectivity index (χ2v) is 6.08. The number of amidine groups is 1. The van der Waals surface area contributed by atoms with Crippen LogP contribution in [0.3, 0.4) is 0 Å². The van der Waals surface area contributed by atoms with Crippen molar-refractivity contribution >= 4 is 11.7 Å². The maximum Gasteiger partial charge on any atom is 0.308 e. The number of nitrogens with zero attached hydrogens (tertiary/aromatic N) is 3. The van der Waals surface area contributed by atoms with Crippen LogP contribution in [0.15, 0.2) is 42.0 Å². The predicted molar refractivity (Wildman–Crippen MR) is 93.8 cm³/mol. The number of hydrazine groups is 1. The zero-order valence-electron chi connectivity index (χ0n) is 13.9. The van der Waals surface area contributed by atoms with Gasteiger partial charge in [-0.1, -0.05) is 0 Å². The molecule has 0 bridgehead atoms. The van der Waals surface area contributed by atoms with Gasteiger partial charge in [0.1, 0.15) is 17.7 Å². The summed E-state index contributed by atoms with van der Waals surface area (Å²) in [6.45, 7) is 1.84. The van der Waals surface area contributed by atoms with E-state index in [1.165, 1.54) is 35.4 Å². The van der Waals surface area contributed by atoms with Crippen LogP contribution in [-0.4, -0.2) is 39.9 Å². The fourth-order valence-corrected chi connectivity index (χ4v) is 2.94. The number of aliphatic imine (C=N–C) groups is 1. The molecule has 2 aliphatic heterocycles. The minimum absolute atomic E-state index is 0.0754. The number of halogens is 1. The van der Waals surface area contributed by atoms with E-state index in [-0.39, 0.29) is 17.5 Å². The summed E-state index contributed by atoms with van der Waals surface area (Å²) in [7, 11) is 0. The molecule has 4 N–H and O–H groups in total. The van der Waals surface area contributed by atoms with Crippen LogP contribution in [0.25, 0.3) is 11.4 Å². The lowest BCUT2D eigenvalue weighted by Gasteiger charge is -2.26. The highest BCUT2D eigenvalue weighted by molar-refractivity contribution is 5.81. The maximum absolute atomic E-state index is 14.4. The highest BCUT2D eigenvalue weighted by atomic mass is 19.1. The van der Waals surface area contributed by atoms with E-state index in [0.29, 0.717) is 17.3 Å². The van der Waals surface area contributed by atoms with Gasteiger partial charge < -0.3 is 19.7 Å². The van der Waals surface area contributed by atoms with Crippen LogP contribution in [0.5, 0.6) is 5.75 Å². The van der Waals surface area contributed by atoms with Gasteiger partial charge in [-0.2, -0.15) is 0 Å². The van der Waals surface area contributed by atoms with E-state index in [1.54, 1.807) is 6.20 Å². The van der Waals surface area contributed by atoms with Gasteiger partial charge in [0.2, 0.25) is 0 Å². The Hall–Kier alpha value is -3.07. The number of nitrogens with one attached hydrogen (secondary N) is 3. The quantitative estimate of drug-likeness (QED) is 0.660. The van der Waals surface area contributed by atoms with Crippen LogP contribution in [0.2, 0.25) is 0 Å². The summed E-state index contributed by atoms with van der Waals surface area (Å²) in [6, 6.07) is 2.95. The highest BCUT2D eigenvalue weighted by Crippen LogP contribution is 2.29. The molecule has 2 aliphatic rings. The molecule has 2 aromatic rings. The van der Waals surface area contributed by atoms with Gasteiger partial charge in [-0.3, -0.25) is 10.9 Å². The maximum atomic E-state index is 14.4. The van der Waals surface area contributed by atoms with E-state index >= 15 is 0 Å². The molecule has 3 heterocycles. The molecule has 1 saturated heterocycles. The van der Waals surface area contributed by atoms with E-state index in [9.17, 15) is 9.50 Å². The average Bonchev–Trinajstić information content (AvgIpc) is 3.19. The van der Waals surface area contributed by atoms with Crippen LogP contribution < -0.4 is 16.2 Å². The molecule has 0 spiro atoms. The second kappa shape index (κ2) is 7.04. The lowest BCUT2D eigenvalue weighted by Crippen LogP contribution is -2.43. The lowest BCUT2D eigenvalue weighted by molar-refractivity contribution is 0.141. The van der Waals surface area contributed by atoms with Crippen molar-refractivity contribution in [1.82, 2.24) is 25.7 Å². The number of aromatic nitrogens is 2. The Bertz CT molecular complexity index is 843. The molecule has 4 rings (SSSR count). The molecule has 0 saturated carbocycles. The molecule has 0 unspecified atom stereocenters. The zero-order chi connectivity index (χ0) is 17.9. The van der Waals surface area contributed by atoms with Crippen LogP contribution >= 0.6 is 0 Å². The van der Waals surface area contributed by atoms with Crippen molar-refractivity contribution in [1.29, 1.82) is 0 Å². The number of imidazole rings is 1. The molecule has 0 radical (unpaired) electrons. The van der Waals surface area contributed by atoms with Crippen molar-refractivity contribution in [3.63, 3.8) is 0 Å². The Morgan fingerprint density at radius 1 is 1.23 bits per heavy atom. The molecule has 0 atom stereocenters. The predicted octanol–water partition coefficient (Wildman–Crippen LogP) is 1.25. The Balaban J connectivity index is 1.53. The summed E-state index contributed by atoms with van der Waals surface area (Å²) in [5.41, 5.74) is 6.69. The SMILES string of the molecule is Oc1cc(-n2ccnc2)c(F)cc1C1=CN=C(OC2CCNCC2)NN1. The van der Waals surface area contributed by atoms with Gasteiger partial charge in [-0.05, 0) is 32.0 Å². The largest absolute Gasteiger partial charge is 0.507 e. The fourth-order valence-electron chi connectivity index (χ4n) is 2.94. The fraction of sp³-hybridized carbons (Fsp3) is 0.294. The van der Waals surface area contributed by atoms with E-state index in [2.05, 4.69) is 26.1 Å². The van der Waals surface area contributed by atoms with E-state index in [1.807, 2.05) is 0 Å². The third kappa shape index (κ3) is 3.33. The van der Waals surface area contributed by atoms with Gasteiger partial charge in [-0.15, -0.1) is 0 Å². The molecular weight excluding hydrogens is 339 g/mol. The Morgan fingerprint density at radius 3 is 2.77 bits per heavy atom. The summed E-state index contributed by atoms with van der Waals surface area (Å²) >= 11 is 0. The van der Waals surface area contributed by atoms with Gasteiger partial charge in [0, 0.05) is 24.0 Å². The monoisotopic (exact) mass is 358 g/mol. The van der Waals surface area contributed by atoms with E-state index in [0.717, 1.165) is 25.9 Å². The topological polar surface area (TPSA) is 95.7 Å². The first-order valence-corrected chi connectivity index (χ1v) is 8.39. The zero-order valence-corrected chi connectivity index (χ0v) is 13.9. The summed E-state index contributed by atoms with van der Waals surface area (Å²) in [5.74, 6) is -0.562. The minimum atomic E-state index is -0.487. The Kier molecular flexibility index (Phi) is 4.44. The van der Waals surface area contributed by atoms with E-state index < -0.39 is 5.82 Å². The van der Waals surface area contributed by atoms with Crippen molar-refractivity contribution in [3.05, 3.63) is 48.4 Å². The van der Waals surface area contributed by atoms with Crippen molar-refractivity contribution in [2.24, 2.45) is 4.99 Å². The molecule has 26 heavy (non-hydrogen) atoms. The van der Waals surface area contributed by atoms with E-state index in [4.69, 9.17) is 4.74 Å². The molecule has 1 aromatic carbocycles. The smallest absolute Gasteiger partial charge is 0.308 e. The van der Waals surface area contributed by atoms with Crippen LogP contribution in [0, 0.1) is 5.82 Å².